The lowest BCUT2D eigenvalue weighted by Gasteiger charge is -2.30. The molecule has 2 fully saturated rings. The van der Waals surface area contributed by atoms with Crippen LogP contribution in [0.15, 0.2) is 18.2 Å². The minimum absolute atomic E-state index is 0.00548. The van der Waals surface area contributed by atoms with Crippen molar-refractivity contribution >= 4 is 5.91 Å². The van der Waals surface area contributed by atoms with Gasteiger partial charge >= 0.3 is 0 Å². The van der Waals surface area contributed by atoms with Crippen LogP contribution in [-0.2, 0) is 20.7 Å². The molecule has 1 aromatic rings. The summed E-state index contributed by atoms with van der Waals surface area (Å²) < 4.78 is 22.2. The summed E-state index contributed by atoms with van der Waals surface area (Å²) in [6, 6.07) is 5.76. The number of hydrogen-bond donors (Lipinski definition) is 3. The Morgan fingerprint density at radius 2 is 1.89 bits per heavy atom. The van der Waals surface area contributed by atoms with Gasteiger partial charge in [0.05, 0.1) is 32.0 Å². The van der Waals surface area contributed by atoms with Gasteiger partial charge in [0.1, 0.15) is 0 Å². The van der Waals surface area contributed by atoms with E-state index < -0.39 is 12.1 Å². The van der Waals surface area contributed by atoms with Crippen LogP contribution < -0.4 is 20.5 Å². The Hall–Kier alpha value is -1.87. The molecule has 3 rings (SSSR count). The van der Waals surface area contributed by atoms with Crippen LogP contribution in [0.2, 0.25) is 0 Å². The lowest BCUT2D eigenvalue weighted by atomic mass is 9.81. The number of aliphatic hydroxyl groups excluding tert-OH is 1. The van der Waals surface area contributed by atoms with Gasteiger partial charge in [0.2, 0.25) is 5.91 Å². The predicted molar refractivity (Wildman–Crippen MR) is 148 cm³/mol. The van der Waals surface area contributed by atoms with E-state index in [-0.39, 0.29) is 35.8 Å². The monoisotopic (exact) mass is 534 g/mol. The second-order valence-corrected chi connectivity index (χ2v) is 11.8. The van der Waals surface area contributed by atoms with Crippen molar-refractivity contribution in [3.8, 4) is 11.5 Å². The number of fused-ring (bicyclic) bond motifs is 1. The average molecular weight is 535 g/mol. The van der Waals surface area contributed by atoms with Crippen molar-refractivity contribution in [2.24, 2.45) is 35.3 Å². The van der Waals surface area contributed by atoms with Crippen LogP contribution in [0, 0.1) is 29.6 Å². The van der Waals surface area contributed by atoms with Crippen molar-refractivity contribution in [2.45, 2.75) is 84.1 Å². The van der Waals surface area contributed by atoms with Crippen LogP contribution in [0.4, 0.5) is 0 Å². The van der Waals surface area contributed by atoms with Gasteiger partial charge in [-0.25, -0.2) is 0 Å². The molecule has 1 aliphatic carbocycles. The van der Waals surface area contributed by atoms with Crippen molar-refractivity contribution in [2.75, 3.05) is 34.0 Å². The Kier molecular flexibility index (Phi) is 11.7. The Morgan fingerprint density at radius 1 is 1.13 bits per heavy atom. The maximum absolute atomic E-state index is 13.0. The van der Waals surface area contributed by atoms with Crippen LogP contribution in [0.25, 0.3) is 0 Å². The van der Waals surface area contributed by atoms with Gasteiger partial charge < -0.3 is 35.1 Å². The molecular weight excluding hydrogens is 484 g/mol. The molecule has 38 heavy (non-hydrogen) atoms. The number of ether oxygens (including phenoxy) is 4. The number of carbonyl (C=O) groups is 1. The molecule has 0 bridgehead atoms. The molecule has 0 aromatic heterocycles. The average Bonchev–Trinajstić information content (AvgIpc) is 3.28. The Morgan fingerprint density at radius 3 is 2.50 bits per heavy atom. The van der Waals surface area contributed by atoms with E-state index in [0.29, 0.717) is 43.6 Å². The highest BCUT2D eigenvalue weighted by atomic mass is 16.5. The van der Waals surface area contributed by atoms with Crippen molar-refractivity contribution in [1.29, 1.82) is 0 Å². The number of aliphatic hydroxyl groups is 1. The number of amides is 1. The van der Waals surface area contributed by atoms with E-state index in [1.165, 1.54) is 0 Å². The fourth-order valence-electron chi connectivity index (χ4n) is 5.58. The van der Waals surface area contributed by atoms with Crippen molar-refractivity contribution < 1.29 is 28.8 Å². The standard InChI is InChI=1S/C30H50N2O6/c1-18(2)21(14-20-8-9-26(36-6)27(15-20)37-12-7-11-35-5)16-24(31)25(33)17-23(19(3)4)30(34)32-28-22-10-13-38-29(22)28/h8-9,15,18-19,21-25,28-29,33H,7,10-14,16-17,31H2,1-6H3,(H,32,34)/t21-,22+,23-,24-,25-,28?,29+/m0/s1. The maximum atomic E-state index is 13.0. The summed E-state index contributed by atoms with van der Waals surface area (Å²) in [6.07, 6.45) is 3.09. The van der Waals surface area contributed by atoms with E-state index >= 15 is 0 Å². The van der Waals surface area contributed by atoms with Crippen molar-refractivity contribution in [3.63, 3.8) is 0 Å². The first-order chi connectivity index (χ1) is 18.2. The SMILES string of the molecule is COCCCOc1cc(C[C@@H](C[C@H](N)[C@@H](O)C[C@H](C(=O)NC2[C@H]3CCO[C@@H]23)C(C)C)C(C)C)ccc1OC. The lowest BCUT2D eigenvalue weighted by Crippen LogP contribution is -2.43. The summed E-state index contributed by atoms with van der Waals surface area (Å²) in [4.78, 5) is 13.0. The summed E-state index contributed by atoms with van der Waals surface area (Å²) in [7, 11) is 3.32. The molecular formula is C30H50N2O6. The third-order valence-corrected chi connectivity index (χ3v) is 8.29. The van der Waals surface area contributed by atoms with Crippen LogP contribution in [0.1, 0.15) is 58.9 Å². The first-order valence-corrected chi connectivity index (χ1v) is 14.3. The molecule has 8 nitrogen and oxygen atoms in total. The largest absolute Gasteiger partial charge is 0.493 e. The molecule has 1 aliphatic heterocycles. The summed E-state index contributed by atoms with van der Waals surface area (Å²) in [5.74, 6) is 2.37. The summed E-state index contributed by atoms with van der Waals surface area (Å²) in [5.41, 5.74) is 7.70. The molecule has 2 aliphatic rings. The Balaban J connectivity index is 1.57. The summed E-state index contributed by atoms with van der Waals surface area (Å²) in [6.45, 7) is 10.4. The Bertz CT molecular complexity index is 868. The van der Waals surface area contributed by atoms with E-state index in [9.17, 15) is 9.90 Å². The molecule has 1 aromatic carbocycles. The maximum Gasteiger partial charge on any atom is 0.223 e. The fraction of sp³-hybridized carbons (Fsp3) is 0.767. The number of methoxy groups -OCH3 is 2. The number of nitrogens with one attached hydrogen (secondary N) is 1. The van der Waals surface area contributed by atoms with Gasteiger partial charge in [0.25, 0.3) is 0 Å². The minimum Gasteiger partial charge on any atom is -0.493 e. The van der Waals surface area contributed by atoms with Gasteiger partial charge in [-0.15, -0.1) is 0 Å². The number of carbonyl (C=O) groups excluding carboxylic acids is 1. The number of hydrogen-bond acceptors (Lipinski definition) is 7. The van der Waals surface area contributed by atoms with Gasteiger partial charge in [-0.1, -0.05) is 33.8 Å². The topological polar surface area (TPSA) is 112 Å². The molecule has 0 radical (unpaired) electrons. The second kappa shape index (κ2) is 14.5. The lowest BCUT2D eigenvalue weighted by molar-refractivity contribution is -0.128. The predicted octanol–water partition coefficient (Wildman–Crippen LogP) is 3.57. The van der Waals surface area contributed by atoms with E-state index in [0.717, 1.165) is 37.2 Å². The highest BCUT2D eigenvalue weighted by Crippen LogP contribution is 2.43. The van der Waals surface area contributed by atoms with E-state index in [1.54, 1.807) is 14.2 Å². The first kappa shape index (κ1) is 30.7. The van der Waals surface area contributed by atoms with Crippen LogP contribution in [0.3, 0.4) is 0 Å². The summed E-state index contributed by atoms with van der Waals surface area (Å²) in [5, 5.41) is 14.2. The molecule has 8 heteroatoms. The zero-order valence-corrected chi connectivity index (χ0v) is 24.2. The number of rotatable bonds is 17. The molecule has 1 amide bonds. The van der Waals surface area contributed by atoms with Crippen LogP contribution in [0.5, 0.6) is 11.5 Å². The molecule has 216 valence electrons. The van der Waals surface area contributed by atoms with Gasteiger partial charge in [-0.3, -0.25) is 4.79 Å². The van der Waals surface area contributed by atoms with Crippen molar-refractivity contribution in [1.82, 2.24) is 5.32 Å². The Labute approximate surface area is 228 Å². The van der Waals surface area contributed by atoms with Gasteiger partial charge in [-0.05, 0) is 61.1 Å². The third kappa shape index (κ3) is 8.31. The highest BCUT2D eigenvalue weighted by Gasteiger charge is 2.55. The molecule has 0 spiro atoms. The van der Waals surface area contributed by atoms with Crippen LogP contribution >= 0.6 is 0 Å². The summed E-state index contributed by atoms with van der Waals surface area (Å²) >= 11 is 0. The van der Waals surface area contributed by atoms with Crippen molar-refractivity contribution in [3.05, 3.63) is 23.8 Å². The fourth-order valence-corrected chi connectivity index (χ4v) is 5.58. The molecule has 1 saturated carbocycles. The zero-order chi connectivity index (χ0) is 27.8. The quantitative estimate of drug-likeness (QED) is 0.262. The highest BCUT2D eigenvalue weighted by molar-refractivity contribution is 5.79. The first-order valence-electron chi connectivity index (χ1n) is 14.3. The van der Waals surface area contributed by atoms with Gasteiger partial charge in [-0.2, -0.15) is 0 Å². The van der Waals surface area contributed by atoms with Gasteiger partial charge in [0.15, 0.2) is 11.5 Å². The number of benzene rings is 1. The third-order valence-electron chi connectivity index (χ3n) is 8.29. The smallest absolute Gasteiger partial charge is 0.223 e. The van der Waals surface area contributed by atoms with Crippen LogP contribution in [-0.4, -0.2) is 69.3 Å². The van der Waals surface area contributed by atoms with E-state index in [1.807, 2.05) is 26.0 Å². The molecule has 1 unspecified atom stereocenters. The van der Waals surface area contributed by atoms with E-state index in [4.69, 9.17) is 24.7 Å². The molecule has 4 N–H and O–H groups in total. The molecule has 1 heterocycles. The van der Waals surface area contributed by atoms with Gasteiger partial charge in [0, 0.05) is 44.6 Å². The molecule has 1 saturated heterocycles. The zero-order valence-electron chi connectivity index (χ0n) is 24.2. The second-order valence-electron chi connectivity index (χ2n) is 11.8. The van der Waals surface area contributed by atoms with E-state index in [2.05, 4.69) is 25.2 Å². The minimum atomic E-state index is -0.750. The number of nitrogens with two attached hydrogens (primary N) is 1. The normalized spacial score (nSPS) is 23.6. The molecule has 7 atom stereocenters.